The Hall–Kier alpha value is -1.55. The van der Waals surface area contributed by atoms with Crippen molar-refractivity contribution < 1.29 is 14.3 Å². The lowest BCUT2D eigenvalue weighted by Gasteiger charge is -2.03. The van der Waals surface area contributed by atoms with Crippen LogP contribution in [0, 0.1) is 0 Å². The minimum atomic E-state index is -0.532. The highest BCUT2D eigenvalue weighted by atomic mass is 16.3. The van der Waals surface area contributed by atoms with Gasteiger partial charge in [0.1, 0.15) is 5.76 Å². The van der Waals surface area contributed by atoms with E-state index >= 15 is 0 Å². The van der Waals surface area contributed by atoms with Crippen LogP contribution in [0.2, 0.25) is 0 Å². The van der Waals surface area contributed by atoms with Gasteiger partial charge < -0.3 is 14.8 Å². The lowest BCUT2D eigenvalue weighted by Crippen LogP contribution is -2.28. The van der Waals surface area contributed by atoms with E-state index < -0.39 is 6.10 Å². The maximum atomic E-state index is 11.1. The fraction of sp³-hybridized carbons (Fsp3) is 0.300. The summed E-state index contributed by atoms with van der Waals surface area (Å²) in [7, 11) is 0. The number of carbonyl (C=O) groups excluding carboxylic acids is 1. The normalized spacial score (nSPS) is 13.0. The summed E-state index contributed by atoms with van der Waals surface area (Å²) in [6, 6.07) is 3.49. The summed E-state index contributed by atoms with van der Waals surface area (Å²) >= 11 is 0. The molecule has 1 aromatic heterocycles. The van der Waals surface area contributed by atoms with Crippen molar-refractivity contribution in [3.05, 3.63) is 30.2 Å². The Morgan fingerprint density at radius 1 is 1.79 bits per heavy atom. The molecule has 0 saturated carbocycles. The first kappa shape index (κ1) is 10.5. The summed E-state index contributed by atoms with van der Waals surface area (Å²) in [5.41, 5.74) is 0. The summed E-state index contributed by atoms with van der Waals surface area (Å²) in [5.74, 6) is 0.375. The van der Waals surface area contributed by atoms with Crippen LogP contribution in [-0.4, -0.2) is 23.7 Å². The Morgan fingerprint density at radius 2 is 2.57 bits per heavy atom. The van der Waals surface area contributed by atoms with E-state index in [0.29, 0.717) is 5.76 Å². The van der Waals surface area contributed by atoms with Crippen molar-refractivity contribution in [2.75, 3.05) is 6.54 Å². The van der Waals surface area contributed by atoms with Crippen molar-refractivity contribution in [3.63, 3.8) is 0 Å². The maximum absolute atomic E-state index is 11.1. The van der Waals surface area contributed by atoms with Gasteiger partial charge in [-0.3, -0.25) is 4.79 Å². The Kier molecular flexibility index (Phi) is 3.94. The van der Waals surface area contributed by atoms with E-state index in [0.717, 1.165) is 0 Å². The zero-order valence-electron chi connectivity index (χ0n) is 7.93. The van der Waals surface area contributed by atoms with Gasteiger partial charge in [-0.25, -0.2) is 0 Å². The second-order valence-corrected chi connectivity index (χ2v) is 2.94. The number of aliphatic hydroxyl groups is 1. The molecule has 2 N–H and O–H groups in total. The fourth-order valence-corrected chi connectivity index (χ4v) is 0.851. The largest absolute Gasteiger partial charge is 0.465 e. The molecule has 1 rings (SSSR count). The molecule has 0 aromatic carbocycles. The van der Waals surface area contributed by atoms with Crippen molar-refractivity contribution >= 4 is 12.0 Å². The lowest BCUT2D eigenvalue weighted by molar-refractivity contribution is -0.116. The molecule has 0 radical (unpaired) electrons. The zero-order valence-corrected chi connectivity index (χ0v) is 7.93. The van der Waals surface area contributed by atoms with E-state index in [1.165, 1.54) is 12.3 Å². The molecule has 0 spiro atoms. The molecule has 0 aliphatic carbocycles. The predicted molar refractivity (Wildman–Crippen MR) is 52.4 cm³/mol. The molecule has 1 atom stereocenters. The van der Waals surface area contributed by atoms with Gasteiger partial charge in [0.25, 0.3) is 0 Å². The first-order chi connectivity index (χ1) is 6.68. The van der Waals surface area contributed by atoms with Gasteiger partial charge >= 0.3 is 0 Å². The monoisotopic (exact) mass is 195 g/mol. The van der Waals surface area contributed by atoms with Crippen LogP contribution < -0.4 is 5.32 Å². The molecule has 0 bridgehead atoms. The number of hydrogen-bond donors (Lipinski definition) is 2. The number of aliphatic hydroxyl groups excluding tert-OH is 1. The highest BCUT2D eigenvalue weighted by Crippen LogP contribution is 2.01. The van der Waals surface area contributed by atoms with E-state index in [1.54, 1.807) is 25.1 Å². The lowest BCUT2D eigenvalue weighted by atomic mass is 10.3. The molecule has 14 heavy (non-hydrogen) atoms. The van der Waals surface area contributed by atoms with Crippen LogP contribution in [0.3, 0.4) is 0 Å². The first-order valence-electron chi connectivity index (χ1n) is 4.36. The molecule has 0 unspecified atom stereocenters. The quantitative estimate of drug-likeness (QED) is 0.698. The van der Waals surface area contributed by atoms with E-state index in [-0.39, 0.29) is 12.5 Å². The topological polar surface area (TPSA) is 62.5 Å². The van der Waals surface area contributed by atoms with Gasteiger partial charge in [-0.2, -0.15) is 0 Å². The van der Waals surface area contributed by atoms with E-state index in [2.05, 4.69) is 5.32 Å². The van der Waals surface area contributed by atoms with Gasteiger partial charge in [0.05, 0.1) is 12.4 Å². The molecule has 1 heterocycles. The maximum Gasteiger partial charge on any atom is 0.244 e. The average Bonchev–Trinajstić information content (AvgIpc) is 2.63. The van der Waals surface area contributed by atoms with Gasteiger partial charge in [-0.05, 0) is 25.1 Å². The Balaban J connectivity index is 2.34. The third-order valence-electron chi connectivity index (χ3n) is 1.51. The van der Waals surface area contributed by atoms with Crippen LogP contribution in [0.5, 0.6) is 0 Å². The fourth-order valence-electron chi connectivity index (χ4n) is 0.851. The molecule has 1 aromatic rings. The Bertz CT molecular complexity index is 301. The third-order valence-corrected chi connectivity index (χ3v) is 1.51. The van der Waals surface area contributed by atoms with Gasteiger partial charge in [-0.1, -0.05) is 0 Å². The highest BCUT2D eigenvalue weighted by Gasteiger charge is 1.98. The van der Waals surface area contributed by atoms with Crippen LogP contribution in [0.15, 0.2) is 28.9 Å². The molecular weight excluding hydrogens is 182 g/mol. The molecule has 1 amide bonds. The van der Waals surface area contributed by atoms with Crippen molar-refractivity contribution in [3.8, 4) is 0 Å². The van der Waals surface area contributed by atoms with Crippen LogP contribution in [0.1, 0.15) is 12.7 Å². The van der Waals surface area contributed by atoms with Crippen LogP contribution in [0.4, 0.5) is 0 Å². The zero-order chi connectivity index (χ0) is 10.4. The molecule has 0 aliphatic rings. The van der Waals surface area contributed by atoms with Crippen LogP contribution in [-0.2, 0) is 4.79 Å². The molecule has 4 nitrogen and oxygen atoms in total. The van der Waals surface area contributed by atoms with Crippen molar-refractivity contribution in [1.29, 1.82) is 0 Å². The summed E-state index contributed by atoms with van der Waals surface area (Å²) in [6.45, 7) is 1.86. The SMILES string of the molecule is C[C@H](O)CNC(=O)/C=C/c1ccco1. The van der Waals surface area contributed by atoms with E-state index in [4.69, 9.17) is 9.52 Å². The number of rotatable bonds is 4. The number of furan rings is 1. The van der Waals surface area contributed by atoms with Gasteiger partial charge in [-0.15, -0.1) is 0 Å². The van der Waals surface area contributed by atoms with Crippen LogP contribution >= 0.6 is 0 Å². The Morgan fingerprint density at radius 3 is 3.14 bits per heavy atom. The first-order valence-corrected chi connectivity index (χ1v) is 4.36. The van der Waals surface area contributed by atoms with E-state index in [1.807, 2.05) is 0 Å². The number of amides is 1. The molecule has 0 fully saturated rings. The van der Waals surface area contributed by atoms with Gasteiger partial charge in [0.15, 0.2) is 0 Å². The summed E-state index contributed by atoms with van der Waals surface area (Å²) < 4.78 is 4.99. The second kappa shape index (κ2) is 5.24. The molecule has 4 heteroatoms. The van der Waals surface area contributed by atoms with Gasteiger partial charge in [0, 0.05) is 12.6 Å². The van der Waals surface area contributed by atoms with Crippen molar-refractivity contribution in [1.82, 2.24) is 5.32 Å². The van der Waals surface area contributed by atoms with Gasteiger partial charge in [0.2, 0.25) is 5.91 Å². The number of nitrogens with one attached hydrogen (secondary N) is 1. The number of carbonyl (C=O) groups is 1. The highest BCUT2D eigenvalue weighted by molar-refractivity contribution is 5.91. The second-order valence-electron chi connectivity index (χ2n) is 2.94. The summed E-state index contributed by atoms with van der Waals surface area (Å²) in [5, 5.41) is 11.4. The van der Waals surface area contributed by atoms with Crippen molar-refractivity contribution in [2.24, 2.45) is 0 Å². The predicted octanol–water partition coefficient (Wildman–Crippen LogP) is 0.790. The summed E-state index contributed by atoms with van der Waals surface area (Å²) in [6.07, 6.45) is 3.93. The molecule has 76 valence electrons. The minimum Gasteiger partial charge on any atom is -0.465 e. The number of hydrogen-bond acceptors (Lipinski definition) is 3. The smallest absolute Gasteiger partial charge is 0.244 e. The molecular formula is C10H13NO3. The van der Waals surface area contributed by atoms with Crippen molar-refractivity contribution in [2.45, 2.75) is 13.0 Å². The molecule has 0 saturated heterocycles. The summed E-state index contributed by atoms with van der Waals surface area (Å²) in [4.78, 5) is 11.1. The third kappa shape index (κ3) is 3.91. The minimum absolute atomic E-state index is 0.248. The Labute approximate surface area is 82.2 Å². The van der Waals surface area contributed by atoms with Crippen LogP contribution in [0.25, 0.3) is 6.08 Å². The van der Waals surface area contributed by atoms with E-state index in [9.17, 15) is 4.79 Å². The standard InChI is InChI=1S/C10H13NO3/c1-8(12)7-11-10(13)5-4-9-3-2-6-14-9/h2-6,8,12H,7H2,1H3,(H,11,13)/b5-4+/t8-/m0/s1. The average molecular weight is 195 g/mol. The molecule has 0 aliphatic heterocycles.